The molecule has 1 fully saturated rings. The highest BCUT2D eigenvalue weighted by Crippen LogP contribution is 2.29. The van der Waals surface area contributed by atoms with Crippen LogP contribution in [-0.2, 0) is 4.74 Å². The maximum absolute atomic E-state index is 9.05. The Kier molecular flexibility index (Phi) is 3.72. The van der Waals surface area contributed by atoms with Crippen LogP contribution in [0.15, 0.2) is 5.38 Å². The van der Waals surface area contributed by atoms with Crippen LogP contribution in [0.5, 0.6) is 0 Å². The number of hydrogen-bond donors (Lipinski definition) is 1. The van der Waals surface area contributed by atoms with Crippen LogP contribution in [0.1, 0.15) is 42.3 Å². The SMILES string of the molecule is CC(CO)c1csc(C2CCCOC2)n1. The maximum atomic E-state index is 9.05. The largest absolute Gasteiger partial charge is 0.396 e. The van der Waals surface area contributed by atoms with Crippen molar-refractivity contribution >= 4 is 11.3 Å². The lowest BCUT2D eigenvalue weighted by atomic mass is 10.0. The van der Waals surface area contributed by atoms with Crippen molar-refractivity contribution < 1.29 is 9.84 Å². The number of thiazole rings is 1. The molecule has 0 saturated carbocycles. The average molecular weight is 227 g/mol. The summed E-state index contributed by atoms with van der Waals surface area (Å²) in [5.41, 5.74) is 1.02. The van der Waals surface area contributed by atoms with Gasteiger partial charge in [-0.05, 0) is 12.8 Å². The fourth-order valence-corrected chi connectivity index (χ4v) is 2.81. The van der Waals surface area contributed by atoms with Gasteiger partial charge in [0.1, 0.15) is 0 Å². The molecule has 3 nitrogen and oxygen atoms in total. The van der Waals surface area contributed by atoms with Crippen LogP contribution in [0.2, 0.25) is 0 Å². The van der Waals surface area contributed by atoms with Crippen molar-refractivity contribution in [3.8, 4) is 0 Å². The van der Waals surface area contributed by atoms with E-state index in [0.717, 1.165) is 25.3 Å². The van der Waals surface area contributed by atoms with Crippen LogP contribution in [0, 0.1) is 0 Å². The summed E-state index contributed by atoms with van der Waals surface area (Å²) in [4.78, 5) is 4.58. The molecule has 0 bridgehead atoms. The Bertz CT molecular complexity index is 307. The van der Waals surface area contributed by atoms with Gasteiger partial charge in [-0.15, -0.1) is 11.3 Å². The first-order valence-corrected chi connectivity index (χ1v) is 6.33. The van der Waals surface area contributed by atoms with Crippen LogP contribution in [0.3, 0.4) is 0 Å². The summed E-state index contributed by atoms with van der Waals surface area (Å²) in [6, 6.07) is 0. The van der Waals surface area contributed by atoms with Crippen LogP contribution >= 0.6 is 11.3 Å². The zero-order valence-corrected chi connectivity index (χ0v) is 9.80. The Hall–Kier alpha value is -0.450. The van der Waals surface area contributed by atoms with Gasteiger partial charge in [-0.25, -0.2) is 4.98 Å². The number of rotatable bonds is 3. The third kappa shape index (κ3) is 2.56. The van der Waals surface area contributed by atoms with Gasteiger partial charge in [0.2, 0.25) is 0 Å². The van der Waals surface area contributed by atoms with Gasteiger partial charge in [0, 0.05) is 23.8 Å². The first-order valence-electron chi connectivity index (χ1n) is 5.45. The van der Waals surface area contributed by atoms with Gasteiger partial charge in [0.15, 0.2) is 0 Å². The normalized spacial score (nSPS) is 24.0. The van der Waals surface area contributed by atoms with Gasteiger partial charge in [-0.3, -0.25) is 0 Å². The second kappa shape index (κ2) is 5.05. The molecule has 1 aromatic heterocycles. The van der Waals surface area contributed by atoms with Crippen molar-refractivity contribution in [3.05, 3.63) is 16.1 Å². The molecular weight excluding hydrogens is 210 g/mol. The van der Waals surface area contributed by atoms with Gasteiger partial charge in [-0.1, -0.05) is 6.92 Å². The van der Waals surface area contributed by atoms with Gasteiger partial charge in [0.05, 0.1) is 23.9 Å². The highest BCUT2D eigenvalue weighted by molar-refractivity contribution is 7.09. The standard InChI is InChI=1S/C11H17NO2S/c1-8(5-13)10-7-15-11(12-10)9-3-2-4-14-6-9/h7-9,13H,2-6H2,1H3. The molecule has 1 saturated heterocycles. The lowest BCUT2D eigenvalue weighted by molar-refractivity contribution is 0.0803. The van der Waals surface area contributed by atoms with E-state index >= 15 is 0 Å². The molecular formula is C11H17NO2S. The number of nitrogens with zero attached hydrogens (tertiary/aromatic N) is 1. The summed E-state index contributed by atoms with van der Waals surface area (Å²) < 4.78 is 5.45. The van der Waals surface area contributed by atoms with E-state index in [1.807, 2.05) is 6.92 Å². The van der Waals surface area contributed by atoms with E-state index in [-0.39, 0.29) is 12.5 Å². The molecule has 84 valence electrons. The molecule has 2 atom stereocenters. The summed E-state index contributed by atoms with van der Waals surface area (Å²) in [6.07, 6.45) is 2.32. The third-order valence-corrected chi connectivity index (χ3v) is 3.85. The highest BCUT2D eigenvalue weighted by Gasteiger charge is 2.20. The predicted octanol–water partition coefficient (Wildman–Crippen LogP) is 2.13. The van der Waals surface area contributed by atoms with Crippen LogP contribution in [-0.4, -0.2) is 29.9 Å². The van der Waals surface area contributed by atoms with E-state index in [9.17, 15) is 0 Å². The molecule has 4 heteroatoms. The zero-order chi connectivity index (χ0) is 10.7. The second-order valence-corrected chi connectivity index (χ2v) is 5.00. The lowest BCUT2D eigenvalue weighted by Crippen LogP contribution is -2.15. The smallest absolute Gasteiger partial charge is 0.0982 e. The summed E-state index contributed by atoms with van der Waals surface area (Å²) in [5.74, 6) is 0.628. The Labute approximate surface area is 94.1 Å². The number of hydrogen-bond acceptors (Lipinski definition) is 4. The Morgan fingerprint density at radius 2 is 2.60 bits per heavy atom. The number of aromatic nitrogens is 1. The first kappa shape index (κ1) is 11.0. The molecule has 1 aliphatic heterocycles. The van der Waals surface area contributed by atoms with E-state index < -0.39 is 0 Å². The summed E-state index contributed by atoms with van der Waals surface area (Å²) in [7, 11) is 0. The molecule has 1 N–H and O–H groups in total. The molecule has 0 spiro atoms. The Morgan fingerprint density at radius 3 is 3.27 bits per heavy atom. The first-order chi connectivity index (χ1) is 7.31. The van der Waals surface area contributed by atoms with Crippen molar-refractivity contribution in [3.63, 3.8) is 0 Å². The van der Waals surface area contributed by atoms with Crippen molar-refractivity contribution in [2.24, 2.45) is 0 Å². The van der Waals surface area contributed by atoms with Crippen molar-refractivity contribution in [1.29, 1.82) is 0 Å². The number of aliphatic hydroxyl groups is 1. The van der Waals surface area contributed by atoms with E-state index in [0.29, 0.717) is 5.92 Å². The fourth-order valence-electron chi connectivity index (χ4n) is 1.74. The molecule has 2 rings (SSSR count). The Morgan fingerprint density at radius 1 is 1.73 bits per heavy atom. The molecule has 2 heterocycles. The maximum Gasteiger partial charge on any atom is 0.0982 e. The zero-order valence-electron chi connectivity index (χ0n) is 8.98. The van der Waals surface area contributed by atoms with E-state index in [2.05, 4.69) is 10.4 Å². The van der Waals surface area contributed by atoms with E-state index in [1.54, 1.807) is 11.3 Å². The number of ether oxygens (including phenoxy) is 1. The molecule has 0 radical (unpaired) electrons. The summed E-state index contributed by atoms with van der Waals surface area (Å²) in [6.45, 7) is 3.86. The molecule has 0 aromatic carbocycles. The molecule has 1 aromatic rings. The van der Waals surface area contributed by atoms with Gasteiger partial charge in [0.25, 0.3) is 0 Å². The summed E-state index contributed by atoms with van der Waals surface area (Å²) in [5, 5.41) is 12.3. The third-order valence-electron chi connectivity index (χ3n) is 2.83. The van der Waals surface area contributed by atoms with E-state index in [1.165, 1.54) is 11.4 Å². The topological polar surface area (TPSA) is 42.4 Å². The number of aliphatic hydroxyl groups excluding tert-OH is 1. The predicted molar refractivity (Wildman–Crippen MR) is 60.4 cm³/mol. The Balaban J connectivity index is 2.05. The fraction of sp³-hybridized carbons (Fsp3) is 0.727. The van der Waals surface area contributed by atoms with Gasteiger partial charge in [-0.2, -0.15) is 0 Å². The van der Waals surface area contributed by atoms with Crippen LogP contribution in [0.4, 0.5) is 0 Å². The minimum absolute atomic E-state index is 0.152. The van der Waals surface area contributed by atoms with Crippen molar-refractivity contribution in [2.45, 2.75) is 31.6 Å². The molecule has 2 unspecified atom stereocenters. The minimum atomic E-state index is 0.152. The lowest BCUT2D eigenvalue weighted by Gasteiger charge is -2.19. The van der Waals surface area contributed by atoms with E-state index in [4.69, 9.17) is 9.84 Å². The molecule has 0 aliphatic carbocycles. The van der Waals surface area contributed by atoms with Gasteiger partial charge < -0.3 is 9.84 Å². The highest BCUT2D eigenvalue weighted by atomic mass is 32.1. The van der Waals surface area contributed by atoms with Crippen molar-refractivity contribution in [2.75, 3.05) is 19.8 Å². The minimum Gasteiger partial charge on any atom is -0.396 e. The van der Waals surface area contributed by atoms with Crippen LogP contribution in [0.25, 0.3) is 0 Å². The second-order valence-electron chi connectivity index (χ2n) is 4.11. The molecule has 0 amide bonds. The average Bonchev–Trinajstić information content (AvgIpc) is 2.78. The van der Waals surface area contributed by atoms with Crippen LogP contribution < -0.4 is 0 Å². The summed E-state index contributed by atoms with van der Waals surface area (Å²) >= 11 is 1.70. The quantitative estimate of drug-likeness (QED) is 0.860. The molecule has 15 heavy (non-hydrogen) atoms. The monoisotopic (exact) mass is 227 g/mol. The van der Waals surface area contributed by atoms with Gasteiger partial charge >= 0.3 is 0 Å². The molecule has 1 aliphatic rings. The van der Waals surface area contributed by atoms with Crippen molar-refractivity contribution in [1.82, 2.24) is 4.98 Å².